The summed E-state index contributed by atoms with van der Waals surface area (Å²) in [6, 6.07) is 5.29. The minimum atomic E-state index is -0.104. The zero-order valence-corrected chi connectivity index (χ0v) is 10.3. The van der Waals surface area contributed by atoms with E-state index in [0.717, 1.165) is 5.69 Å². The third-order valence-electron chi connectivity index (χ3n) is 2.46. The largest absolute Gasteiger partial charge is 0.497 e. The highest BCUT2D eigenvalue weighted by Gasteiger charge is 2.06. The molecule has 18 heavy (non-hydrogen) atoms. The summed E-state index contributed by atoms with van der Waals surface area (Å²) in [4.78, 5) is 0. The number of nitrogens with zero attached hydrogens (tertiary/aromatic N) is 3. The highest BCUT2D eigenvalue weighted by atomic mass is 16.5. The van der Waals surface area contributed by atoms with Crippen LogP contribution in [0.3, 0.4) is 0 Å². The smallest absolute Gasteiger partial charge is 0.134 e. The van der Waals surface area contributed by atoms with Crippen LogP contribution in [-0.2, 0) is 20.3 Å². The lowest BCUT2D eigenvalue weighted by Gasteiger charge is -2.10. The topological polar surface area (TPSA) is 69.4 Å². The molecule has 1 aromatic carbocycles. The van der Waals surface area contributed by atoms with Gasteiger partial charge in [0.05, 0.1) is 19.9 Å². The fraction of sp³-hybridized carbons (Fsp3) is 0.333. The molecule has 0 fully saturated rings. The average Bonchev–Trinajstić information content (AvgIpc) is 2.82. The van der Waals surface area contributed by atoms with Crippen LogP contribution >= 0.6 is 0 Å². The van der Waals surface area contributed by atoms with Gasteiger partial charge in [-0.25, -0.2) is 0 Å². The molecule has 0 saturated carbocycles. The molecule has 2 rings (SSSR count). The predicted octanol–water partition coefficient (Wildman–Crippen LogP) is 0.895. The summed E-state index contributed by atoms with van der Waals surface area (Å²) in [5, 5.41) is 17.0. The molecule has 0 saturated heterocycles. The Labute approximate surface area is 105 Å². The second-order valence-electron chi connectivity index (χ2n) is 3.80. The average molecular weight is 249 g/mol. The number of aliphatic hydroxyl groups excluding tert-OH is 1. The Hall–Kier alpha value is -2.08. The maximum atomic E-state index is 9.27. The molecule has 0 aliphatic carbocycles. The van der Waals surface area contributed by atoms with E-state index in [1.807, 2.05) is 0 Å². The lowest BCUT2D eigenvalue weighted by molar-refractivity contribution is 0.256. The molecular formula is C12H15N3O3. The van der Waals surface area contributed by atoms with Gasteiger partial charge >= 0.3 is 0 Å². The second-order valence-corrected chi connectivity index (χ2v) is 3.80. The summed E-state index contributed by atoms with van der Waals surface area (Å²) in [6.07, 6.45) is 1.78. The van der Waals surface area contributed by atoms with Gasteiger partial charge in [-0.3, -0.25) is 4.68 Å². The van der Waals surface area contributed by atoms with E-state index in [1.165, 1.54) is 0 Å². The Bertz CT molecular complexity index is 525. The highest BCUT2D eigenvalue weighted by molar-refractivity contribution is 5.39. The van der Waals surface area contributed by atoms with Gasteiger partial charge in [-0.1, -0.05) is 5.21 Å². The Morgan fingerprint density at radius 2 is 2.22 bits per heavy atom. The Kier molecular flexibility index (Phi) is 3.78. The van der Waals surface area contributed by atoms with E-state index in [2.05, 4.69) is 10.3 Å². The summed E-state index contributed by atoms with van der Waals surface area (Å²) >= 11 is 0. The van der Waals surface area contributed by atoms with E-state index in [-0.39, 0.29) is 6.61 Å². The maximum absolute atomic E-state index is 9.27. The van der Waals surface area contributed by atoms with E-state index < -0.39 is 0 Å². The summed E-state index contributed by atoms with van der Waals surface area (Å²) in [5.41, 5.74) is 1.41. The van der Waals surface area contributed by atoms with E-state index in [4.69, 9.17) is 9.47 Å². The number of benzene rings is 1. The fourth-order valence-corrected chi connectivity index (χ4v) is 1.56. The minimum Gasteiger partial charge on any atom is -0.497 e. The minimum absolute atomic E-state index is 0.104. The van der Waals surface area contributed by atoms with Gasteiger partial charge in [-0.05, 0) is 18.2 Å². The van der Waals surface area contributed by atoms with Crippen molar-refractivity contribution in [3.05, 3.63) is 35.7 Å². The molecule has 0 aliphatic heterocycles. The van der Waals surface area contributed by atoms with E-state index in [9.17, 15) is 5.11 Å². The zero-order valence-electron chi connectivity index (χ0n) is 10.3. The van der Waals surface area contributed by atoms with Gasteiger partial charge < -0.3 is 14.6 Å². The Balaban J connectivity index is 2.08. The molecule has 0 amide bonds. The number of aliphatic hydroxyl groups is 1. The first kappa shape index (κ1) is 12.4. The quantitative estimate of drug-likeness (QED) is 0.852. The van der Waals surface area contributed by atoms with Crippen LogP contribution < -0.4 is 9.47 Å². The van der Waals surface area contributed by atoms with Crippen LogP contribution in [0.5, 0.6) is 11.5 Å². The SMILES string of the molecule is COc1ccc(OCc2cn(C)nn2)c(CO)c1. The number of methoxy groups -OCH3 is 1. The number of hydrogen-bond acceptors (Lipinski definition) is 5. The van der Waals surface area contributed by atoms with Crippen molar-refractivity contribution in [2.24, 2.45) is 7.05 Å². The molecular weight excluding hydrogens is 234 g/mol. The first-order chi connectivity index (χ1) is 8.72. The predicted molar refractivity (Wildman–Crippen MR) is 64.3 cm³/mol. The van der Waals surface area contributed by atoms with Gasteiger partial charge in [0.1, 0.15) is 23.8 Å². The van der Waals surface area contributed by atoms with Crippen molar-refractivity contribution in [3.63, 3.8) is 0 Å². The third-order valence-corrected chi connectivity index (χ3v) is 2.46. The number of ether oxygens (including phenoxy) is 2. The van der Waals surface area contributed by atoms with Crippen molar-refractivity contribution in [1.82, 2.24) is 15.0 Å². The molecule has 0 radical (unpaired) electrons. The van der Waals surface area contributed by atoms with Crippen molar-refractivity contribution in [2.75, 3.05) is 7.11 Å². The maximum Gasteiger partial charge on any atom is 0.134 e. The molecule has 1 heterocycles. The molecule has 6 heteroatoms. The van der Waals surface area contributed by atoms with Gasteiger partial charge in [0.15, 0.2) is 0 Å². The first-order valence-electron chi connectivity index (χ1n) is 5.48. The van der Waals surface area contributed by atoms with Crippen LogP contribution in [0.1, 0.15) is 11.3 Å². The lowest BCUT2D eigenvalue weighted by Crippen LogP contribution is -1.99. The van der Waals surface area contributed by atoms with Crippen LogP contribution in [0.15, 0.2) is 24.4 Å². The molecule has 96 valence electrons. The Morgan fingerprint density at radius 1 is 1.39 bits per heavy atom. The fourth-order valence-electron chi connectivity index (χ4n) is 1.56. The highest BCUT2D eigenvalue weighted by Crippen LogP contribution is 2.24. The van der Waals surface area contributed by atoms with Gasteiger partial charge in [-0.2, -0.15) is 0 Å². The van der Waals surface area contributed by atoms with Gasteiger partial charge in [0, 0.05) is 12.6 Å². The molecule has 0 aliphatic rings. The van der Waals surface area contributed by atoms with Crippen molar-refractivity contribution >= 4 is 0 Å². The Morgan fingerprint density at radius 3 is 2.83 bits per heavy atom. The standard InChI is InChI=1S/C12H15N3O3/c1-15-6-10(13-14-15)8-18-12-4-3-11(17-2)5-9(12)7-16/h3-6,16H,7-8H2,1-2H3. The number of aromatic nitrogens is 3. The van der Waals surface area contributed by atoms with E-state index in [1.54, 1.807) is 43.2 Å². The van der Waals surface area contributed by atoms with E-state index >= 15 is 0 Å². The molecule has 1 N–H and O–H groups in total. The van der Waals surface area contributed by atoms with Crippen molar-refractivity contribution in [3.8, 4) is 11.5 Å². The number of hydrogen-bond donors (Lipinski definition) is 1. The normalized spacial score (nSPS) is 10.4. The number of rotatable bonds is 5. The van der Waals surface area contributed by atoms with Crippen LogP contribution in [0.2, 0.25) is 0 Å². The molecule has 0 bridgehead atoms. The van der Waals surface area contributed by atoms with Gasteiger partial charge in [0.2, 0.25) is 0 Å². The summed E-state index contributed by atoms with van der Waals surface area (Å²) in [7, 11) is 3.37. The third kappa shape index (κ3) is 2.78. The first-order valence-corrected chi connectivity index (χ1v) is 5.48. The molecule has 1 aromatic heterocycles. The van der Waals surface area contributed by atoms with Crippen molar-refractivity contribution < 1.29 is 14.6 Å². The summed E-state index contributed by atoms with van der Waals surface area (Å²) < 4.78 is 12.3. The van der Waals surface area contributed by atoms with Crippen LogP contribution in [-0.4, -0.2) is 27.2 Å². The molecule has 0 unspecified atom stereocenters. The van der Waals surface area contributed by atoms with E-state index in [0.29, 0.717) is 23.7 Å². The number of aryl methyl sites for hydroxylation is 1. The lowest BCUT2D eigenvalue weighted by atomic mass is 10.2. The molecule has 0 atom stereocenters. The van der Waals surface area contributed by atoms with Crippen LogP contribution in [0.4, 0.5) is 0 Å². The molecule has 2 aromatic rings. The monoisotopic (exact) mass is 249 g/mol. The molecule has 0 spiro atoms. The van der Waals surface area contributed by atoms with Crippen LogP contribution in [0, 0.1) is 0 Å². The zero-order chi connectivity index (χ0) is 13.0. The summed E-state index contributed by atoms with van der Waals surface area (Å²) in [5.74, 6) is 1.30. The molecule has 6 nitrogen and oxygen atoms in total. The second kappa shape index (κ2) is 5.50. The summed E-state index contributed by atoms with van der Waals surface area (Å²) in [6.45, 7) is 0.209. The van der Waals surface area contributed by atoms with Gasteiger partial charge in [0.25, 0.3) is 0 Å². The van der Waals surface area contributed by atoms with Crippen molar-refractivity contribution in [1.29, 1.82) is 0 Å². The van der Waals surface area contributed by atoms with Gasteiger partial charge in [-0.15, -0.1) is 5.10 Å². The van der Waals surface area contributed by atoms with Crippen molar-refractivity contribution in [2.45, 2.75) is 13.2 Å². The van der Waals surface area contributed by atoms with Crippen LogP contribution in [0.25, 0.3) is 0 Å².